The van der Waals surface area contributed by atoms with E-state index in [-0.39, 0.29) is 6.61 Å². The fraction of sp³-hybridized carbons (Fsp3) is 0.500. The van der Waals surface area contributed by atoms with E-state index in [2.05, 4.69) is 9.97 Å². The van der Waals surface area contributed by atoms with Gasteiger partial charge in [0.05, 0.1) is 25.5 Å². The van der Waals surface area contributed by atoms with Gasteiger partial charge in [0.25, 0.3) is 0 Å². The van der Waals surface area contributed by atoms with Crippen LogP contribution in [0.3, 0.4) is 0 Å². The number of hydrogen-bond donors (Lipinski definition) is 0. The molecule has 0 aromatic carbocycles. The van der Waals surface area contributed by atoms with E-state index >= 15 is 0 Å². The Hall–Kier alpha value is -2.16. The normalized spacial score (nSPS) is 13.3. The van der Waals surface area contributed by atoms with Gasteiger partial charge in [-0.2, -0.15) is 5.26 Å². The van der Waals surface area contributed by atoms with E-state index in [9.17, 15) is 10.1 Å². The third-order valence-electron chi connectivity index (χ3n) is 2.61. The molecule has 6 heteroatoms. The third kappa shape index (κ3) is 2.25. The molecule has 0 fully saturated rings. The average molecular weight is 249 g/mol. The van der Waals surface area contributed by atoms with E-state index < -0.39 is 11.4 Å². The van der Waals surface area contributed by atoms with Crippen molar-refractivity contribution in [3.05, 3.63) is 17.6 Å². The smallest absolute Gasteiger partial charge is 0.332 e. The molecule has 1 heterocycles. The molecule has 0 aliphatic heterocycles. The summed E-state index contributed by atoms with van der Waals surface area (Å²) in [6, 6.07) is 1.95. The zero-order valence-corrected chi connectivity index (χ0v) is 10.9. The van der Waals surface area contributed by atoms with Gasteiger partial charge < -0.3 is 9.47 Å². The standard InChI is InChI=1S/C12H15N3O3/c1-5-18-11(16)12(3,6-13)9-8(2)10(17-4)15-7-14-9/h7H,5H2,1-4H3. The molecule has 0 amide bonds. The quantitative estimate of drug-likeness (QED) is 0.744. The Morgan fingerprint density at radius 3 is 2.72 bits per heavy atom. The molecule has 1 unspecified atom stereocenters. The maximum atomic E-state index is 11.9. The number of carbonyl (C=O) groups excluding carboxylic acids is 1. The summed E-state index contributed by atoms with van der Waals surface area (Å²) in [5, 5.41) is 9.27. The Kier molecular flexibility index (Phi) is 4.21. The van der Waals surface area contributed by atoms with Crippen LogP contribution in [0.5, 0.6) is 5.88 Å². The Bertz CT molecular complexity index is 496. The molecule has 0 N–H and O–H groups in total. The van der Waals surface area contributed by atoms with Gasteiger partial charge in [0.2, 0.25) is 5.88 Å². The first-order chi connectivity index (χ1) is 8.51. The van der Waals surface area contributed by atoms with E-state index in [1.807, 2.05) is 6.07 Å². The molecule has 0 bridgehead atoms. The van der Waals surface area contributed by atoms with Crippen LogP contribution in [-0.4, -0.2) is 29.7 Å². The second kappa shape index (κ2) is 5.45. The third-order valence-corrected chi connectivity index (χ3v) is 2.61. The number of esters is 1. The van der Waals surface area contributed by atoms with Crippen LogP contribution in [0.2, 0.25) is 0 Å². The largest absolute Gasteiger partial charge is 0.481 e. The number of methoxy groups -OCH3 is 1. The van der Waals surface area contributed by atoms with Crippen molar-refractivity contribution in [2.45, 2.75) is 26.2 Å². The highest BCUT2D eigenvalue weighted by Crippen LogP contribution is 2.29. The molecule has 0 spiro atoms. The highest BCUT2D eigenvalue weighted by atomic mass is 16.5. The fourth-order valence-electron chi connectivity index (χ4n) is 1.61. The second-order valence-electron chi connectivity index (χ2n) is 3.81. The van der Waals surface area contributed by atoms with Crippen molar-refractivity contribution in [1.82, 2.24) is 9.97 Å². The molecule has 0 aliphatic carbocycles. The van der Waals surface area contributed by atoms with Gasteiger partial charge in [0, 0.05) is 5.56 Å². The van der Waals surface area contributed by atoms with Crippen LogP contribution in [0.1, 0.15) is 25.1 Å². The second-order valence-corrected chi connectivity index (χ2v) is 3.81. The Morgan fingerprint density at radius 1 is 1.56 bits per heavy atom. The van der Waals surface area contributed by atoms with Crippen molar-refractivity contribution in [3.8, 4) is 11.9 Å². The topological polar surface area (TPSA) is 85.1 Å². The lowest BCUT2D eigenvalue weighted by molar-refractivity contribution is -0.147. The number of nitriles is 1. The summed E-state index contributed by atoms with van der Waals surface area (Å²) < 4.78 is 9.97. The molecule has 1 aromatic heterocycles. The van der Waals surface area contributed by atoms with Crippen molar-refractivity contribution in [1.29, 1.82) is 5.26 Å². The summed E-state index contributed by atoms with van der Waals surface area (Å²) in [7, 11) is 1.47. The minimum absolute atomic E-state index is 0.206. The van der Waals surface area contributed by atoms with E-state index in [0.29, 0.717) is 17.1 Å². The predicted octanol–water partition coefficient (Wildman–Crippen LogP) is 1.14. The molecule has 0 saturated carbocycles. The van der Waals surface area contributed by atoms with Crippen LogP contribution in [0.4, 0.5) is 0 Å². The van der Waals surface area contributed by atoms with Crippen molar-refractivity contribution in [3.63, 3.8) is 0 Å². The molecule has 0 radical (unpaired) electrons. The van der Waals surface area contributed by atoms with Crippen molar-refractivity contribution in [2.75, 3.05) is 13.7 Å². The summed E-state index contributed by atoms with van der Waals surface area (Å²) in [5.74, 6) is -0.290. The zero-order chi connectivity index (χ0) is 13.8. The summed E-state index contributed by atoms with van der Waals surface area (Å²) in [6.07, 6.45) is 1.26. The van der Waals surface area contributed by atoms with Crippen LogP contribution in [0, 0.1) is 18.3 Å². The van der Waals surface area contributed by atoms with Crippen LogP contribution in [0.15, 0.2) is 6.33 Å². The minimum Gasteiger partial charge on any atom is -0.481 e. The molecular formula is C12H15N3O3. The highest BCUT2D eigenvalue weighted by Gasteiger charge is 2.40. The monoisotopic (exact) mass is 249 g/mol. The van der Waals surface area contributed by atoms with Crippen LogP contribution < -0.4 is 4.74 Å². The van der Waals surface area contributed by atoms with Crippen molar-refractivity contribution in [2.24, 2.45) is 0 Å². The average Bonchev–Trinajstić information content (AvgIpc) is 2.38. The number of ether oxygens (including phenoxy) is 2. The molecule has 1 aromatic rings. The minimum atomic E-state index is -1.46. The molecule has 0 saturated heterocycles. The lowest BCUT2D eigenvalue weighted by Crippen LogP contribution is -2.34. The Morgan fingerprint density at radius 2 is 2.22 bits per heavy atom. The molecule has 1 rings (SSSR count). The van der Waals surface area contributed by atoms with Crippen molar-refractivity contribution < 1.29 is 14.3 Å². The number of nitrogens with zero attached hydrogens (tertiary/aromatic N) is 3. The lowest BCUT2D eigenvalue weighted by atomic mass is 9.86. The molecule has 0 aliphatic rings. The number of rotatable bonds is 4. The van der Waals surface area contributed by atoms with Crippen LogP contribution in [-0.2, 0) is 14.9 Å². The molecule has 18 heavy (non-hydrogen) atoms. The lowest BCUT2D eigenvalue weighted by Gasteiger charge is -2.21. The van der Waals surface area contributed by atoms with Crippen molar-refractivity contribution >= 4 is 5.97 Å². The highest BCUT2D eigenvalue weighted by molar-refractivity contribution is 5.86. The van der Waals surface area contributed by atoms with E-state index in [4.69, 9.17) is 9.47 Å². The summed E-state index contributed by atoms with van der Waals surface area (Å²) in [5.41, 5.74) is -0.608. The fourth-order valence-corrected chi connectivity index (χ4v) is 1.61. The molecular weight excluding hydrogens is 234 g/mol. The summed E-state index contributed by atoms with van der Waals surface area (Å²) >= 11 is 0. The Balaban J connectivity index is 3.34. The van der Waals surface area contributed by atoms with Gasteiger partial charge in [-0.3, -0.25) is 0 Å². The molecule has 6 nitrogen and oxygen atoms in total. The van der Waals surface area contributed by atoms with E-state index in [0.717, 1.165) is 0 Å². The first-order valence-corrected chi connectivity index (χ1v) is 5.45. The van der Waals surface area contributed by atoms with Gasteiger partial charge in [0.1, 0.15) is 6.33 Å². The predicted molar refractivity (Wildman–Crippen MR) is 62.9 cm³/mol. The number of aromatic nitrogens is 2. The molecule has 96 valence electrons. The summed E-state index contributed by atoms with van der Waals surface area (Å²) in [6.45, 7) is 5.06. The maximum Gasteiger partial charge on any atom is 0.332 e. The van der Waals surface area contributed by atoms with Crippen LogP contribution in [0.25, 0.3) is 0 Å². The number of hydrogen-bond acceptors (Lipinski definition) is 6. The van der Waals surface area contributed by atoms with E-state index in [1.165, 1.54) is 20.4 Å². The van der Waals surface area contributed by atoms with Crippen LogP contribution >= 0.6 is 0 Å². The summed E-state index contributed by atoms with van der Waals surface area (Å²) in [4.78, 5) is 19.8. The SMILES string of the molecule is CCOC(=O)C(C)(C#N)c1ncnc(OC)c1C. The van der Waals surface area contributed by atoms with Gasteiger partial charge in [0.15, 0.2) is 5.41 Å². The van der Waals surface area contributed by atoms with Gasteiger partial charge in [-0.1, -0.05) is 0 Å². The maximum absolute atomic E-state index is 11.9. The van der Waals surface area contributed by atoms with Gasteiger partial charge in [-0.05, 0) is 20.8 Å². The first kappa shape index (κ1) is 13.9. The Labute approximate surface area is 106 Å². The van der Waals surface area contributed by atoms with Gasteiger partial charge in [-0.15, -0.1) is 0 Å². The van der Waals surface area contributed by atoms with E-state index in [1.54, 1.807) is 13.8 Å². The zero-order valence-electron chi connectivity index (χ0n) is 10.9. The first-order valence-electron chi connectivity index (χ1n) is 5.45. The van der Waals surface area contributed by atoms with Gasteiger partial charge >= 0.3 is 5.97 Å². The van der Waals surface area contributed by atoms with Gasteiger partial charge in [-0.25, -0.2) is 14.8 Å². The molecule has 1 atom stereocenters. The number of carbonyl (C=O) groups is 1.